The summed E-state index contributed by atoms with van der Waals surface area (Å²) in [5.41, 5.74) is 0.491. The molecular formula is C24H18ClF2NO4S2. The van der Waals surface area contributed by atoms with E-state index >= 15 is 8.78 Å². The van der Waals surface area contributed by atoms with Gasteiger partial charge in [0.25, 0.3) is 0 Å². The molecule has 0 saturated carbocycles. The summed E-state index contributed by atoms with van der Waals surface area (Å²) in [7, 11) is -4.05. The van der Waals surface area contributed by atoms with Crippen molar-refractivity contribution in [2.75, 3.05) is 6.61 Å². The number of rotatable bonds is 4. The summed E-state index contributed by atoms with van der Waals surface area (Å²) in [5.74, 6) is -4.50. The lowest BCUT2D eigenvalue weighted by Crippen LogP contribution is -2.45. The number of benzene rings is 3. The molecule has 5 rings (SSSR count). The van der Waals surface area contributed by atoms with Gasteiger partial charge in [-0.05, 0) is 41.3 Å². The third-order valence-corrected chi connectivity index (χ3v) is 8.08. The largest absolute Gasteiger partial charge is 0.483 e. The molecule has 34 heavy (non-hydrogen) atoms. The molecule has 5 nitrogen and oxygen atoms in total. The van der Waals surface area contributed by atoms with Gasteiger partial charge in [0.15, 0.2) is 24.2 Å². The van der Waals surface area contributed by atoms with Crippen LogP contribution in [0.2, 0.25) is 5.02 Å². The number of sulfonamides is 1. The van der Waals surface area contributed by atoms with Crippen LogP contribution in [0.25, 0.3) is 10.1 Å². The second-order valence-electron chi connectivity index (χ2n) is 7.93. The average Bonchev–Trinajstić information content (AvgIpc) is 3.16. The van der Waals surface area contributed by atoms with Crippen LogP contribution in [0.4, 0.5) is 8.78 Å². The van der Waals surface area contributed by atoms with E-state index in [1.165, 1.54) is 23.5 Å². The van der Waals surface area contributed by atoms with E-state index in [0.29, 0.717) is 15.5 Å². The summed E-state index contributed by atoms with van der Waals surface area (Å²) in [6.45, 7) is -1.01. The molecule has 0 radical (unpaired) electrons. The predicted octanol–water partition coefficient (Wildman–Crippen LogP) is 5.81. The Balaban J connectivity index is 1.67. The molecule has 0 spiro atoms. The molecule has 4 aromatic rings. The van der Waals surface area contributed by atoms with Crippen LogP contribution < -0.4 is 14.6 Å². The van der Waals surface area contributed by atoms with E-state index in [-0.39, 0.29) is 16.4 Å². The van der Waals surface area contributed by atoms with Crippen LogP contribution in [0.15, 0.2) is 77.7 Å². The van der Waals surface area contributed by atoms with Gasteiger partial charge in [-0.25, -0.2) is 13.6 Å². The van der Waals surface area contributed by atoms with E-state index in [1.807, 2.05) is 30.3 Å². The van der Waals surface area contributed by atoms with Gasteiger partial charge >= 0.3 is 5.92 Å². The van der Waals surface area contributed by atoms with Crippen molar-refractivity contribution in [2.24, 2.45) is 5.14 Å². The molecule has 1 aliphatic heterocycles. The highest BCUT2D eigenvalue weighted by Crippen LogP contribution is 2.47. The molecule has 2 N–H and O–H groups in total. The predicted molar refractivity (Wildman–Crippen MR) is 128 cm³/mol. The van der Waals surface area contributed by atoms with Crippen molar-refractivity contribution in [1.29, 1.82) is 0 Å². The summed E-state index contributed by atoms with van der Waals surface area (Å²) < 4.78 is 66.8. The smallest absolute Gasteiger partial charge is 0.318 e. The maximum absolute atomic E-state index is 15.6. The highest BCUT2D eigenvalue weighted by atomic mass is 35.5. The molecule has 3 aromatic carbocycles. The van der Waals surface area contributed by atoms with Gasteiger partial charge in [0.2, 0.25) is 10.0 Å². The molecule has 0 saturated heterocycles. The summed E-state index contributed by atoms with van der Waals surface area (Å²) in [4.78, 5) is 0.396. The van der Waals surface area contributed by atoms with Crippen molar-refractivity contribution in [1.82, 2.24) is 0 Å². The minimum Gasteiger partial charge on any atom is -0.483 e. The minimum absolute atomic E-state index is 0.00672. The van der Waals surface area contributed by atoms with Crippen molar-refractivity contribution in [3.8, 4) is 11.5 Å². The van der Waals surface area contributed by atoms with Gasteiger partial charge in [-0.2, -0.15) is 8.78 Å². The zero-order chi connectivity index (χ0) is 24.1. The molecule has 1 aliphatic rings. The van der Waals surface area contributed by atoms with Crippen molar-refractivity contribution >= 4 is 43.0 Å². The number of fused-ring (bicyclic) bond motifs is 2. The molecule has 1 aromatic heterocycles. The Morgan fingerprint density at radius 2 is 1.76 bits per heavy atom. The van der Waals surface area contributed by atoms with Gasteiger partial charge in [0.1, 0.15) is 0 Å². The van der Waals surface area contributed by atoms with Gasteiger partial charge in [-0.3, -0.25) is 0 Å². The van der Waals surface area contributed by atoms with Crippen molar-refractivity contribution in [3.05, 3.63) is 88.3 Å². The normalized spacial score (nSPS) is 18.4. The first-order valence-corrected chi connectivity index (χ1v) is 12.9. The zero-order valence-corrected chi connectivity index (χ0v) is 19.8. The summed E-state index contributed by atoms with van der Waals surface area (Å²) in [6.07, 6.45) is -1.68. The first-order valence-electron chi connectivity index (χ1n) is 10.2. The van der Waals surface area contributed by atoms with E-state index in [2.05, 4.69) is 0 Å². The lowest BCUT2D eigenvalue weighted by Gasteiger charge is -2.31. The maximum atomic E-state index is 15.6. The Morgan fingerprint density at radius 3 is 2.50 bits per heavy atom. The highest BCUT2D eigenvalue weighted by molar-refractivity contribution is 7.89. The van der Waals surface area contributed by atoms with Crippen LogP contribution in [-0.4, -0.2) is 27.1 Å². The third kappa shape index (κ3) is 4.24. The Bertz CT molecular complexity index is 1460. The molecule has 0 aliphatic carbocycles. The lowest BCUT2D eigenvalue weighted by molar-refractivity contribution is -0.114. The van der Waals surface area contributed by atoms with Crippen LogP contribution in [0, 0.1) is 0 Å². The number of halogens is 3. The number of hydrogen-bond donors (Lipinski definition) is 1. The minimum atomic E-state index is -4.05. The van der Waals surface area contributed by atoms with Crippen LogP contribution in [0.5, 0.6) is 11.5 Å². The molecule has 1 unspecified atom stereocenters. The summed E-state index contributed by atoms with van der Waals surface area (Å²) in [6, 6.07) is 19.8. The number of ether oxygens (including phenoxy) is 2. The fourth-order valence-electron chi connectivity index (χ4n) is 4.02. The zero-order valence-electron chi connectivity index (χ0n) is 17.5. The molecule has 2 atom stereocenters. The van der Waals surface area contributed by atoms with Crippen LogP contribution in [0.1, 0.15) is 16.4 Å². The number of hydrogen-bond acceptors (Lipinski definition) is 5. The van der Waals surface area contributed by atoms with E-state index in [4.69, 9.17) is 26.2 Å². The monoisotopic (exact) mass is 521 g/mol. The Hall–Kier alpha value is -2.72. The van der Waals surface area contributed by atoms with Gasteiger partial charge in [-0.15, -0.1) is 11.3 Å². The molecule has 10 heteroatoms. The van der Waals surface area contributed by atoms with Crippen LogP contribution >= 0.6 is 22.9 Å². The van der Waals surface area contributed by atoms with E-state index < -0.39 is 34.6 Å². The van der Waals surface area contributed by atoms with Gasteiger partial charge in [0, 0.05) is 20.7 Å². The average molecular weight is 522 g/mol. The highest BCUT2D eigenvalue weighted by Gasteiger charge is 2.51. The Kier molecular flexibility index (Phi) is 5.76. The molecular weight excluding hydrogens is 504 g/mol. The van der Waals surface area contributed by atoms with Crippen molar-refractivity contribution in [3.63, 3.8) is 0 Å². The molecule has 0 bridgehead atoms. The lowest BCUT2D eigenvalue weighted by atomic mass is 9.88. The van der Waals surface area contributed by atoms with E-state index in [9.17, 15) is 8.42 Å². The topological polar surface area (TPSA) is 78.6 Å². The summed E-state index contributed by atoms with van der Waals surface area (Å²) >= 11 is 7.87. The van der Waals surface area contributed by atoms with Crippen molar-refractivity contribution in [2.45, 2.75) is 22.8 Å². The quantitative estimate of drug-likeness (QED) is 0.367. The summed E-state index contributed by atoms with van der Waals surface area (Å²) in [5, 5.41) is 6.43. The molecule has 176 valence electrons. The van der Waals surface area contributed by atoms with Crippen molar-refractivity contribution < 1.29 is 26.7 Å². The van der Waals surface area contributed by atoms with E-state index in [0.717, 1.165) is 16.2 Å². The standard InChI is InChI=1S/C24H18ClF2NO4S2/c25-17-7-3-2-6-16(17)22(21-11-14-5-1-4-8-20(14)33-21)23-24(26,27)13-31-19-12-15(34(28,29)30)9-10-18(19)32-23/h1-12,22-23H,13H2,(H2,28,29,30)/t22-,23?/m0/s1. The van der Waals surface area contributed by atoms with Crippen LogP contribution in [-0.2, 0) is 10.0 Å². The van der Waals surface area contributed by atoms with Crippen LogP contribution in [0.3, 0.4) is 0 Å². The molecule has 2 heterocycles. The second-order valence-corrected chi connectivity index (χ2v) is 11.0. The van der Waals surface area contributed by atoms with Gasteiger partial charge < -0.3 is 9.47 Å². The number of nitrogens with two attached hydrogens (primary N) is 1. The van der Waals surface area contributed by atoms with Gasteiger partial charge in [0.05, 0.1) is 10.8 Å². The molecule has 0 amide bonds. The molecule has 0 fully saturated rings. The number of alkyl halides is 2. The number of thiophene rings is 1. The fourth-order valence-corrected chi connectivity index (χ4v) is 6.01. The van der Waals surface area contributed by atoms with E-state index in [1.54, 1.807) is 24.3 Å². The third-order valence-electron chi connectivity index (χ3n) is 5.63. The SMILES string of the molecule is NS(=O)(=O)c1ccc2c(c1)OCC(F)(F)C([C@H](c1cc3ccccc3s1)c1ccccc1Cl)O2. The number of primary sulfonamides is 1. The first-order chi connectivity index (χ1) is 16.1. The maximum Gasteiger partial charge on any atom is 0.318 e. The first kappa shape index (κ1) is 23.0. The fraction of sp³-hybridized carbons (Fsp3) is 0.167. The Morgan fingerprint density at radius 1 is 1.03 bits per heavy atom. The Labute approximate surface area is 203 Å². The van der Waals surface area contributed by atoms with Gasteiger partial charge in [-0.1, -0.05) is 48.0 Å². The second kappa shape index (κ2) is 8.49.